The zero-order chi connectivity index (χ0) is 16.4. The first-order chi connectivity index (χ1) is 10.4. The quantitative estimate of drug-likeness (QED) is 0.505. The van der Waals surface area contributed by atoms with Crippen LogP contribution in [0.4, 0.5) is 13.2 Å². The van der Waals surface area contributed by atoms with Crippen LogP contribution in [0.15, 0.2) is 12.7 Å². The molecule has 0 atom stereocenters. The van der Waals surface area contributed by atoms with Crippen LogP contribution >= 0.6 is 0 Å². The van der Waals surface area contributed by atoms with E-state index in [-0.39, 0.29) is 12.5 Å². The average Bonchev–Trinajstić information content (AvgIpc) is 2.45. The minimum atomic E-state index is -4.25. The molecule has 0 unspecified atom stereocenters. The lowest BCUT2D eigenvalue weighted by Crippen LogP contribution is -2.49. The Bertz CT molecular complexity index is 343. The minimum absolute atomic E-state index is 0.0195. The Hall–Kier alpha value is -1.12. The molecule has 5 nitrogen and oxygen atoms in total. The Morgan fingerprint density at radius 2 is 1.86 bits per heavy atom. The van der Waals surface area contributed by atoms with Crippen molar-refractivity contribution in [2.45, 2.75) is 12.6 Å². The van der Waals surface area contributed by atoms with Crippen molar-refractivity contribution in [3.8, 4) is 0 Å². The van der Waals surface area contributed by atoms with Gasteiger partial charge in [0.2, 0.25) is 5.91 Å². The molecule has 1 heterocycles. The molecule has 0 aromatic carbocycles. The third-order valence-corrected chi connectivity index (χ3v) is 3.30. The number of alkyl halides is 3. The Kier molecular flexibility index (Phi) is 8.44. The third kappa shape index (κ3) is 9.01. The molecule has 0 aliphatic carbocycles. The first-order valence-electron chi connectivity index (χ1n) is 7.37. The average molecular weight is 323 g/mol. The fourth-order valence-electron chi connectivity index (χ4n) is 2.19. The summed E-state index contributed by atoms with van der Waals surface area (Å²) >= 11 is 0. The van der Waals surface area contributed by atoms with Gasteiger partial charge in [0.1, 0.15) is 6.61 Å². The van der Waals surface area contributed by atoms with Gasteiger partial charge in [0.15, 0.2) is 0 Å². The van der Waals surface area contributed by atoms with Crippen LogP contribution in [0.2, 0.25) is 0 Å². The summed E-state index contributed by atoms with van der Waals surface area (Å²) in [6, 6.07) is 0. The molecule has 1 aliphatic heterocycles. The number of rotatable bonds is 9. The van der Waals surface area contributed by atoms with Crippen molar-refractivity contribution in [3.63, 3.8) is 0 Å². The number of nitrogens with one attached hydrogen (secondary N) is 1. The molecule has 1 fully saturated rings. The maximum absolute atomic E-state index is 11.9. The van der Waals surface area contributed by atoms with E-state index >= 15 is 0 Å². The largest absolute Gasteiger partial charge is 0.411 e. The highest BCUT2D eigenvalue weighted by molar-refractivity contribution is 5.78. The summed E-state index contributed by atoms with van der Waals surface area (Å²) in [5.41, 5.74) is 0. The van der Waals surface area contributed by atoms with Gasteiger partial charge in [-0.3, -0.25) is 9.69 Å². The number of carbonyl (C=O) groups is 1. The predicted octanol–water partition coefficient (Wildman–Crippen LogP) is 0.875. The van der Waals surface area contributed by atoms with E-state index in [1.54, 1.807) is 6.08 Å². The molecule has 0 aromatic heterocycles. The normalized spacial score (nSPS) is 17.4. The summed E-state index contributed by atoms with van der Waals surface area (Å²) in [7, 11) is 0. The number of amides is 1. The lowest BCUT2D eigenvalue weighted by molar-refractivity contribution is -0.174. The standard InChI is InChI=1S/C14H24F3N3O2/c1-2-4-18-13(21)11-20-8-6-19(7-9-20)5-3-10-22-12-14(15,16)17/h2H,1,3-12H2,(H,18,21). The van der Waals surface area contributed by atoms with Gasteiger partial charge in [0.25, 0.3) is 0 Å². The third-order valence-electron chi connectivity index (χ3n) is 3.30. The SMILES string of the molecule is C=CCNC(=O)CN1CCN(CCCOCC(F)(F)F)CC1. The zero-order valence-corrected chi connectivity index (χ0v) is 12.7. The molecule has 0 bridgehead atoms. The van der Waals surface area contributed by atoms with Gasteiger partial charge < -0.3 is 15.0 Å². The topological polar surface area (TPSA) is 44.8 Å². The minimum Gasteiger partial charge on any atom is -0.372 e. The number of carbonyl (C=O) groups excluding carboxylic acids is 1. The molecule has 0 aromatic rings. The second-order valence-electron chi connectivity index (χ2n) is 5.23. The van der Waals surface area contributed by atoms with E-state index in [9.17, 15) is 18.0 Å². The molecule has 8 heteroatoms. The first-order valence-corrected chi connectivity index (χ1v) is 7.37. The number of hydrogen-bond acceptors (Lipinski definition) is 4. The van der Waals surface area contributed by atoms with Crippen molar-refractivity contribution in [3.05, 3.63) is 12.7 Å². The maximum atomic E-state index is 11.9. The van der Waals surface area contributed by atoms with Crippen LogP contribution in [0.3, 0.4) is 0 Å². The van der Waals surface area contributed by atoms with Crippen molar-refractivity contribution < 1.29 is 22.7 Å². The summed E-state index contributed by atoms with van der Waals surface area (Å²) in [4.78, 5) is 15.8. The van der Waals surface area contributed by atoms with Crippen LogP contribution in [-0.2, 0) is 9.53 Å². The van der Waals surface area contributed by atoms with E-state index < -0.39 is 12.8 Å². The van der Waals surface area contributed by atoms with Crippen molar-refractivity contribution >= 4 is 5.91 Å². The summed E-state index contributed by atoms with van der Waals surface area (Å²) in [6.45, 7) is 7.22. The van der Waals surface area contributed by atoms with E-state index in [0.717, 1.165) is 26.2 Å². The van der Waals surface area contributed by atoms with E-state index in [4.69, 9.17) is 0 Å². The summed E-state index contributed by atoms with van der Waals surface area (Å²) in [5.74, 6) is -0.0195. The second kappa shape index (κ2) is 9.81. The Morgan fingerprint density at radius 1 is 1.23 bits per heavy atom. The summed E-state index contributed by atoms with van der Waals surface area (Å²) < 4.78 is 40.2. The van der Waals surface area contributed by atoms with Crippen molar-refractivity contribution in [1.82, 2.24) is 15.1 Å². The maximum Gasteiger partial charge on any atom is 0.411 e. The summed E-state index contributed by atoms with van der Waals surface area (Å²) in [5, 5.41) is 2.73. The Balaban J connectivity index is 2.05. The van der Waals surface area contributed by atoms with Gasteiger partial charge in [0, 0.05) is 45.9 Å². The molecular formula is C14H24F3N3O2. The highest BCUT2D eigenvalue weighted by Gasteiger charge is 2.27. The van der Waals surface area contributed by atoms with E-state index in [2.05, 4.69) is 26.4 Å². The van der Waals surface area contributed by atoms with Crippen molar-refractivity contribution in [1.29, 1.82) is 0 Å². The van der Waals surface area contributed by atoms with Crippen molar-refractivity contribution in [2.24, 2.45) is 0 Å². The smallest absolute Gasteiger partial charge is 0.372 e. The molecule has 22 heavy (non-hydrogen) atoms. The molecule has 1 aliphatic rings. The van der Waals surface area contributed by atoms with Gasteiger partial charge in [-0.15, -0.1) is 6.58 Å². The van der Waals surface area contributed by atoms with Crippen LogP contribution < -0.4 is 5.32 Å². The number of halogens is 3. The Morgan fingerprint density at radius 3 is 2.45 bits per heavy atom. The first kappa shape index (κ1) is 18.9. The van der Waals surface area contributed by atoms with Crippen LogP contribution in [0.1, 0.15) is 6.42 Å². The second-order valence-corrected chi connectivity index (χ2v) is 5.23. The number of hydrogen-bond donors (Lipinski definition) is 1. The molecular weight excluding hydrogens is 299 g/mol. The number of nitrogens with zero attached hydrogens (tertiary/aromatic N) is 2. The molecule has 1 N–H and O–H groups in total. The summed E-state index contributed by atoms with van der Waals surface area (Å²) in [6.07, 6.45) is -2.04. The van der Waals surface area contributed by atoms with Gasteiger partial charge in [-0.25, -0.2) is 0 Å². The van der Waals surface area contributed by atoms with Crippen LogP contribution in [-0.4, -0.2) is 80.9 Å². The lowest BCUT2D eigenvalue weighted by atomic mass is 10.3. The van der Waals surface area contributed by atoms with Gasteiger partial charge >= 0.3 is 6.18 Å². The van der Waals surface area contributed by atoms with E-state index in [1.807, 2.05) is 0 Å². The highest BCUT2D eigenvalue weighted by Crippen LogP contribution is 2.14. The molecule has 0 spiro atoms. The van der Waals surface area contributed by atoms with Gasteiger partial charge in [-0.05, 0) is 6.42 Å². The van der Waals surface area contributed by atoms with Crippen LogP contribution in [0, 0.1) is 0 Å². The Labute approximate surface area is 129 Å². The van der Waals surface area contributed by atoms with E-state index in [0.29, 0.717) is 26.1 Å². The monoisotopic (exact) mass is 323 g/mol. The van der Waals surface area contributed by atoms with Gasteiger partial charge in [-0.2, -0.15) is 13.2 Å². The fourth-order valence-corrected chi connectivity index (χ4v) is 2.19. The van der Waals surface area contributed by atoms with E-state index in [1.165, 1.54) is 0 Å². The highest BCUT2D eigenvalue weighted by atomic mass is 19.4. The zero-order valence-electron chi connectivity index (χ0n) is 12.7. The fraction of sp³-hybridized carbons (Fsp3) is 0.786. The number of ether oxygens (including phenoxy) is 1. The lowest BCUT2D eigenvalue weighted by Gasteiger charge is -2.34. The van der Waals surface area contributed by atoms with Gasteiger partial charge in [-0.1, -0.05) is 6.08 Å². The molecule has 1 amide bonds. The molecule has 1 rings (SSSR count). The van der Waals surface area contributed by atoms with Crippen molar-refractivity contribution in [2.75, 3.05) is 59.0 Å². The van der Waals surface area contributed by atoms with Crippen LogP contribution in [0.5, 0.6) is 0 Å². The number of piperazine rings is 1. The molecule has 128 valence electrons. The molecule has 0 saturated carbocycles. The van der Waals surface area contributed by atoms with Gasteiger partial charge in [0.05, 0.1) is 6.54 Å². The predicted molar refractivity (Wildman–Crippen MR) is 77.6 cm³/mol. The molecule has 0 radical (unpaired) electrons. The van der Waals surface area contributed by atoms with Crippen LogP contribution in [0.25, 0.3) is 0 Å². The molecule has 1 saturated heterocycles.